The number of benzene rings is 2. The molecule has 1 N–H and O–H groups in total. The molecular formula is C20H20N2O4. The Morgan fingerprint density at radius 2 is 1.85 bits per heavy atom. The smallest absolute Gasteiger partial charge is 0.256 e. The van der Waals surface area contributed by atoms with E-state index in [9.17, 15) is 4.79 Å². The molecule has 0 radical (unpaired) electrons. The lowest BCUT2D eigenvalue weighted by Crippen LogP contribution is -2.25. The molecule has 1 aromatic heterocycles. The molecule has 0 fully saturated rings. The van der Waals surface area contributed by atoms with Gasteiger partial charge in [-0.2, -0.15) is 0 Å². The lowest BCUT2D eigenvalue weighted by atomic mass is 10.1. The third-order valence-electron chi connectivity index (χ3n) is 4.04. The van der Waals surface area contributed by atoms with Gasteiger partial charge in [0.2, 0.25) is 0 Å². The van der Waals surface area contributed by atoms with Crippen LogP contribution < -0.4 is 14.8 Å². The summed E-state index contributed by atoms with van der Waals surface area (Å²) in [6.07, 6.45) is 2.09. The van der Waals surface area contributed by atoms with E-state index in [-0.39, 0.29) is 5.91 Å². The standard InChI is InChI=1S/C20H20N2O4/c1-24-16-9-7-15(8-10-16)19-17(13-22-26-19)20(23)21-12-11-14-5-3-4-6-18(14)25-2/h3-10,13H,11-12H2,1-2H3,(H,21,23). The number of methoxy groups -OCH3 is 2. The SMILES string of the molecule is COc1ccc(-c2oncc2C(=O)NCCc2ccccc2OC)cc1. The minimum absolute atomic E-state index is 0.230. The molecule has 1 heterocycles. The second-order valence-electron chi connectivity index (χ2n) is 5.61. The summed E-state index contributed by atoms with van der Waals surface area (Å²) in [4.78, 5) is 12.5. The van der Waals surface area contributed by atoms with E-state index in [0.717, 1.165) is 22.6 Å². The maximum absolute atomic E-state index is 12.5. The first-order valence-electron chi connectivity index (χ1n) is 8.22. The van der Waals surface area contributed by atoms with Crippen LogP contribution in [0.2, 0.25) is 0 Å². The van der Waals surface area contributed by atoms with E-state index in [1.807, 2.05) is 36.4 Å². The van der Waals surface area contributed by atoms with Gasteiger partial charge in [-0.05, 0) is 42.3 Å². The maximum atomic E-state index is 12.5. The number of ether oxygens (including phenoxy) is 2. The van der Waals surface area contributed by atoms with Crippen molar-refractivity contribution < 1.29 is 18.8 Å². The Balaban J connectivity index is 1.66. The van der Waals surface area contributed by atoms with Crippen LogP contribution in [0.3, 0.4) is 0 Å². The van der Waals surface area contributed by atoms with Gasteiger partial charge in [0.1, 0.15) is 17.1 Å². The number of para-hydroxylation sites is 1. The highest BCUT2D eigenvalue weighted by atomic mass is 16.5. The van der Waals surface area contributed by atoms with Gasteiger partial charge in [0.05, 0.1) is 20.4 Å². The van der Waals surface area contributed by atoms with Crippen LogP contribution in [-0.4, -0.2) is 31.8 Å². The Labute approximate surface area is 151 Å². The van der Waals surface area contributed by atoms with Crippen molar-refractivity contribution in [3.63, 3.8) is 0 Å². The normalized spacial score (nSPS) is 10.4. The Hall–Kier alpha value is -3.28. The first-order valence-corrected chi connectivity index (χ1v) is 8.22. The summed E-state index contributed by atoms with van der Waals surface area (Å²) in [5.41, 5.74) is 2.20. The molecule has 26 heavy (non-hydrogen) atoms. The quantitative estimate of drug-likeness (QED) is 0.706. The van der Waals surface area contributed by atoms with Gasteiger partial charge in [-0.3, -0.25) is 4.79 Å². The van der Waals surface area contributed by atoms with Gasteiger partial charge >= 0.3 is 0 Å². The van der Waals surface area contributed by atoms with Crippen LogP contribution in [0.4, 0.5) is 0 Å². The summed E-state index contributed by atoms with van der Waals surface area (Å²) in [6.45, 7) is 0.479. The van der Waals surface area contributed by atoms with Gasteiger partial charge in [0.15, 0.2) is 5.76 Å². The van der Waals surface area contributed by atoms with Crippen LogP contribution in [-0.2, 0) is 6.42 Å². The molecule has 0 unspecified atom stereocenters. The molecule has 2 aromatic carbocycles. The van der Waals surface area contributed by atoms with Gasteiger partial charge in [0, 0.05) is 12.1 Å². The van der Waals surface area contributed by atoms with E-state index in [4.69, 9.17) is 14.0 Å². The number of rotatable bonds is 7. The van der Waals surface area contributed by atoms with Crippen LogP contribution in [0.25, 0.3) is 11.3 Å². The molecule has 0 aliphatic rings. The van der Waals surface area contributed by atoms with Crippen LogP contribution in [0.5, 0.6) is 11.5 Å². The summed E-state index contributed by atoms with van der Waals surface area (Å²) >= 11 is 0. The number of carbonyl (C=O) groups is 1. The minimum atomic E-state index is -0.230. The molecule has 0 spiro atoms. The number of amides is 1. The van der Waals surface area contributed by atoms with Crippen LogP contribution in [0, 0.1) is 0 Å². The second-order valence-corrected chi connectivity index (χ2v) is 5.61. The summed E-state index contributed by atoms with van der Waals surface area (Å²) in [5, 5.41) is 6.67. The molecule has 6 heteroatoms. The predicted molar refractivity (Wildman–Crippen MR) is 97.5 cm³/mol. The van der Waals surface area contributed by atoms with Gasteiger partial charge in [-0.25, -0.2) is 0 Å². The molecule has 3 aromatic rings. The zero-order valence-corrected chi connectivity index (χ0v) is 14.7. The van der Waals surface area contributed by atoms with E-state index in [1.54, 1.807) is 26.4 Å². The molecule has 0 aliphatic heterocycles. The number of carbonyl (C=O) groups excluding carboxylic acids is 1. The van der Waals surface area contributed by atoms with Crippen molar-refractivity contribution in [2.45, 2.75) is 6.42 Å². The van der Waals surface area contributed by atoms with Crippen molar-refractivity contribution in [1.29, 1.82) is 0 Å². The molecule has 1 amide bonds. The average Bonchev–Trinajstić information content (AvgIpc) is 3.18. The highest BCUT2D eigenvalue weighted by Crippen LogP contribution is 2.25. The Morgan fingerprint density at radius 1 is 1.08 bits per heavy atom. The third-order valence-corrected chi connectivity index (χ3v) is 4.04. The molecule has 3 rings (SSSR count). The zero-order chi connectivity index (χ0) is 18.4. The minimum Gasteiger partial charge on any atom is -0.497 e. The Morgan fingerprint density at radius 3 is 2.58 bits per heavy atom. The van der Waals surface area contributed by atoms with E-state index in [1.165, 1.54) is 6.20 Å². The predicted octanol–water partition coefficient (Wildman–Crippen LogP) is 3.33. The van der Waals surface area contributed by atoms with E-state index in [0.29, 0.717) is 24.3 Å². The molecule has 134 valence electrons. The average molecular weight is 352 g/mol. The fraction of sp³-hybridized carbons (Fsp3) is 0.200. The fourth-order valence-electron chi connectivity index (χ4n) is 2.67. The van der Waals surface area contributed by atoms with Gasteiger partial charge < -0.3 is 19.3 Å². The molecule has 0 atom stereocenters. The number of nitrogens with zero attached hydrogens (tertiary/aromatic N) is 1. The fourth-order valence-corrected chi connectivity index (χ4v) is 2.67. The topological polar surface area (TPSA) is 73.6 Å². The highest BCUT2D eigenvalue weighted by molar-refractivity contribution is 5.99. The van der Waals surface area contributed by atoms with Crippen molar-refractivity contribution in [3.05, 3.63) is 65.9 Å². The van der Waals surface area contributed by atoms with Crippen LogP contribution >= 0.6 is 0 Å². The van der Waals surface area contributed by atoms with Crippen molar-refractivity contribution in [2.75, 3.05) is 20.8 Å². The van der Waals surface area contributed by atoms with Crippen LogP contribution in [0.15, 0.2) is 59.3 Å². The van der Waals surface area contributed by atoms with E-state index in [2.05, 4.69) is 10.5 Å². The summed E-state index contributed by atoms with van der Waals surface area (Å²) < 4.78 is 15.7. The summed E-state index contributed by atoms with van der Waals surface area (Å²) in [7, 11) is 3.24. The molecular weight excluding hydrogens is 332 g/mol. The highest BCUT2D eigenvalue weighted by Gasteiger charge is 2.17. The molecule has 6 nitrogen and oxygen atoms in total. The molecule has 0 aliphatic carbocycles. The van der Waals surface area contributed by atoms with Crippen LogP contribution in [0.1, 0.15) is 15.9 Å². The lowest BCUT2D eigenvalue weighted by molar-refractivity contribution is 0.0954. The lowest BCUT2D eigenvalue weighted by Gasteiger charge is -2.09. The first-order chi connectivity index (χ1) is 12.7. The monoisotopic (exact) mass is 352 g/mol. The molecule has 0 bridgehead atoms. The maximum Gasteiger partial charge on any atom is 0.256 e. The van der Waals surface area contributed by atoms with E-state index >= 15 is 0 Å². The summed E-state index contributed by atoms with van der Waals surface area (Å²) in [6, 6.07) is 15.0. The number of hydrogen-bond donors (Lipinski definition) is 1. The van der Waals surface area contributed by atoms with Crippen molar-refractivity contribution in [3.8, 4) is 22.8 Å². The largest absolute Gasteiger partial charge is 0.497 e. The van der Waals surface area contributed by atoms with E-state index < -0.39 is 0 Å². The van der Waals surface area contributed by atoms with Gasteiger partial charge in [-0.1, -0.05) is 23.4 Å². The van der Waals surface area contributed by atoms with Crippen molar-refractivity contribution in [2.24, 2.45) is 0 Å². The number of nitrogens with one attached hydrogen (secondary N) is 1. The summed E-state index contributed by atoms with van der Waals surface area (Å²) in [5.74, 6) is 1.75. The Bertz CT molecular complexity index is 872. The Kier molecular flexibility index (Phi) is 5.53. The molecule has 0 saturated carbocycles. The van der Waals surface area contributed by atoms with Gasteiger partial charge in [0.25, 0.3) is 5.91 Å². The first kappa shape index (κ1) is 17.5. The second kappa shape index (κ2) is 8.20. The third kappa shape index (κ3) is 3.85. The molecule has 0 saturated heterocycles. The van der Waals surface area contributed by atoms with Crippen molar-refractivity contribution >= 4 is 5.91 Å². The zero-order valence-electron chi connectivity index (χ0n) is 14.7. The van der Waals surface area contributed by atoms with Gasteiger partial charge in [-0.15, -0.1) is 0 Å². The number of hydrogen-bond acceptors (Lipinski definition) is 5. The van der Waals surface area contributed by atoms with Crippen molar-refractivity contribution in [1.82, 2.24) is 10.5 Å². The number of aromatic nitrogens is 1.